The molecule has 0 radical (unpaired) electrons. The Bertz CT molecular complexity index is 581. The summed E-state index contributed by atoms with van der Waals surface area (Å²) < 4.78 is 37.8. The van der Waals surface area contributed by atoms with Gasteiger partial charge in [0.15, 0.2) is 0 Å². The number of aliphatic hydroxyl groups is 1. The third-order valence-corrected chi connectivity index (χ3v) is 3.35. The highest BCUT2D eigenvalue weighted by atomic mass is 19.4. The Labute approximate surface area is 112 Å². The number of nitrogens with zero attached hydrogens (tertiary/aromatic N) is 1. The van der Waals surface area contributed by atoms with Gasteiger partial charge in [-0.05, 0) is 32.0 Å². The summed E-state index contributed by atoms with van der Waals surface area (Å²) >= 11 is 0. The Balaban J connectivity index is 2.53. The number of hydrogen-bond acceptors (Lipinski definition) is 3. The molecule has 1 amide bonds. The van der Waals surface area contributed by atoms with Crippen LogP contribution in [0, 0.1) is 0 Å². The molecule has 1 aliphatic heterocycles. The Hall–Kier alpha value is -1.89. The first-order chi connectivity index (χ1) is 9.14. The molecule has 2 rings (SSSR count). The van der Waals surface area contributed by atoms with E-state index in [0.717, 1.165) is 17.0 Å². The number of alkyl halides is 3. The van der Waals surface area contributed by atoms with E-state index in [4.69, 9.17) is 0 Å². The van der Waals surface area contributed by atoms with Gasteiger partial charge in [-0.3, -0.25) is 14.5 Å². The molecule has 0 saturated heterocycles. The van der Waals surface area contributed by atoms with Crippen LogP contribution >= 0.6 is 0 Å². The Morgan fingerprint density at radius 2 is 1.80 bits per heavy atom. The van der Waals surface area contributed by atoms with E-state index in [9.17, 15) is 27.9 Å². The first-order valence-electron chi connectivity index (χ1n) is 5.91. The van der Waals surface area contributed by atoms with Crippen LogP contribution in [0.5, 0.6) is 0 Å². The molecule has 2 unspecified atom stereocenters. The summed E-state index contributed by atoms with van der Waals surface area (Å²) in [6, 6.07) is 1.86. The molecule has 2 atom stereocenters. The number of amides is 1. The second-order valence-corrected chi connectivity index (χ2v) is 4.72. The molecule has 0 fully saturated rings. The molecule has 1 N–H and O–H groups in total. The van der Waals surface area contributed by atoms with Gasteiger partial charge in [-0.25, -0.2) is 0 Å². The maximum absolute atomic E-state index is 12.6. The monoisotopic (exact) mass is 287 g/mol. The molecule has 20 heavy (non-hydrogen) atoms. The molecular formula is C13H12F3NO3. The minimum atomic E-state index is -4.58. The minimum absolute atomic E-state index is 0.0985. The highest BCUT2D eigenvalue weighted by Crippen LogP contribution is 2.37. The summed E-state index contributed by atoms with van der Waals surface area (Å²) in [5.41, 5.74) is -1.16. The number of fused-ring (bicyclic) bond motifs is 1. The second-order valence-electron chi connectivity index (χ2n) is 4.72. The van der Waals surface area contributed by atoms with Crippen molar-refractivity contribution >= 4 is 17.4 Å². The van der Waals surface area contributed by atoms with Gasteiger partial charge < -0.3 is 5.11 Å². The predicted molar refractivity (Wildman–Crippen MR) is 64.4 cm³/mol. The van der Waals surface area contributed by atoms with Crippen molar-refractivity contribution in [2.45, 2.75) is 32.2 Å². The zero-order valence-corrected chi connectivity index (χ0v) is 10.7. The molecule has 0 aromatic heterocycles. The summed E-state index contributed by atoms with van der Waals surface area (Å²) in [7, 11) is 0. The van der Waals surface area contributed by atoms with E-state index in [1.165, 1.54) is 13.8 Å². The second kappa shape index (κ2) is 4.59. The molecule has 1 aromatic rings. The Kier molecular flexibility index (Phi) is 3.33. The van der Waals surface area contributed by atoms with E-state index >= 15 is 0 Å². The molecule has 1 heterocycles. The molecule has 1 aromatic carbocycles. The van der Waals surface area contributed by atoms with Crippen molar-refractivity contribution in [3.05, 3.63) is 29.3 Å². The summed E-state index contributed by atoms with van der Waals surface area (Å²) in [5, 5.41) is 9.51. The number of aliphatic hydroxyl groups excluding tert-OH is 1. The fraction of sp³-hybridized carbons (Fsp3) is 0.385. The first-order valence-corrected chi connectivity index (χ1v) is 5.91. The number of Topliss-reactive ketones (excluding diaryl/α,β-unsaturated/α-hetero) is 1. The minimum Gasteiger partial charge on any atom is -0.391 e. The standard InChI is InChI=1S/C13H12F3NO3/c1-6(7(2)18)17-10-4-3-8(13(14,15)16)5-9(10)11(19)12(17)20/h3-7,18H,1-2H3. The number of anilines is 1. The van der Waals surface area contributed by atoms with Crippen molar-refractivity contribution in [2.24, 2.45) is 0 Å². The van der Waals surface area contributed by atoms with Gasteiger partial charge in [-0.15, -0.1) is 0 Å². The average molecular weight is 287 g/mol. The molecular weight excluding hydrogens is 275 g/mol. The van der Waals surface area contributed by atoms with Crippen LogP contribution in [-0.4, -0.2) is 28.9 Å². The number of ketones is 1. The van der Waals surface area contributed by atoms with Crippen LogP contribution in [0.3, 0.4) is 0 Å². The van der Waals surface area contributed by atoms with E-state index in [-0.39, 0.29) is 11.3 Å². The van der Waals surface area contributed by atoms with Crippen LogP contribution in [0.2, 0.25) is 0 Å². The van der Waals surface area contributed by atoms with Crippen LogP contribution in [0.4, 0.5) is 18.9 Å². The average Bonchev–Trinajstić information content (AvgIpc) is 2.60. The third kappa shape index (κ3) is 2.18. The van der Waals surface area contributed by atoms with Crippen LogP contribution in [0.15, 0.2) is 18.2 Å². The predicted octanol–water partition coefficient (Wildman–Crippen LogP) is 2.00. The highest BCUT2D eigenvalue weighted by molar-refractivity contribution is 6.52. The van der Waals surface area contributed by atoms with E-state index in [2.05, 4.69) is 0 Å². The van der Waals surface area contributed by atoms with Gasteiger partial charge in [0.25, 0.3) is 11.7 Å². The molecule has 0 spiro atoms. The van der Waals surface area contributed by atoms with E-state index in [1.807, 2.05) is 0 Å². The van der Waals surface area contributed by atoms with Crippen molar-refractivity contribution in [1.29, 1.82) is 0 Å². The maximum Gasteiger partial charge on any atom is 0.416 e. The fourth-order valence-electron chi connectivity index (χ4n) is 2.06. The number of carbonyl (C=O) groups excluding carboxylic acids is 2. The van der Waals surface area contributed by atoms with Crippen molar-refractivity contribution in [1.82, 2.24) is 0 Å². The van der Waals surface area contributed by atoms with Gasteiger partial charge >= 0.3 is 6.18 Å². The van der Waals surface area contributed by atoms with Gasteiger partial charge in [0, 0.05) is 0 Å². The molecule has 1 aliphatic rings. The molecule has 0 bridgehead atoms. The SMILES string of the molecule is CC(O)C(C)N1C(=O)C(=O)c2cc(C(F)(F)F)ccc21. The fourth-order valence-corrected chi connectivity index (χ4v) is 2.06. The Morgan fingerprint density at radius 3 is 2.30 bits per heavy atom. The number of rotatable bonds is 2. The number of benzene rings is 1. The molecule has 0 saturated carbocycles. The Morgan fingerprint density at radius 1 is 1.20 bits per heavy atom. The summed E-state index contributed by atoms with van der Waals surface area (Å²) in [4.78, 5) is 24.7. The van der Waals surface area contributed by atoms with E-state index in [1.54, 1.807) is 0 Å². The van der Waals surface area contributed by atoms with Gasteiger partial charge in [0.2, 0.25) is 0 Å². The lowest BCUT2D eigenvalue weighted by Gasteiger charge is -2.26. The number of halogens is 3. The molecule has 7 heteroatoms. The van der Waals surface area contributed by atoms with Crippen LogP contribution < -0.4 is 4.90 Å². The third-order valence-electron chi connectivity index (χ3n) is 3.35. The lowest BCUT2D eigenvalue weighted by Crippen LogP contribution is -2.43. The summed E-state index contributed by atoms with van der Waals surface area (Å²) in [5.74, 6) is -1.91. The largest absolute Gasteiger partial charge is 0.416 e. The topological polar surface area (TPSA) is 57.6 Å². The number of carbonyl (C=O) groups is 2. The lowest BCUT2D eigenvalue weighted by atomic mass is 10.1. The highest BCUT2D eigenvalue weighted by Gasteiger charge is 2.41. The maximum atomic E-state index is 12.6. The van der Waals surface area contributed by atoms with Crippen molar-refractivity contribution < 1.29 is 27.9 Å². The van der Waals surface area contributed by atoms with Crippen LogP contribution in [0.1, 0.15) is 29.8 Å². The van der Waals surface area contributed by atoms with Gasteiger partial charge in [-0.1, -0.05) is 0 Å². The normalized spacial score (nSPS) is 18.2. The molecule has 108 valence electrons. The van der Waals surface area contributed by atoms with Crippen molar-refractivity contribution in [2.75, 3.05) is 4.90 Å². The summed E-state index contributed by atoms with van der Waals surface area (Å²) in [6.45, 7) is 2.95. The quantitative estimate of drug-likeness (QED) is 0.846. The first kappa shape index (κ1) is 14.5. The smallest absolute Gasteiger partial charge is 0.391 e. The van der Waals surface area contributed by atoms with Crippen molar-refractivity contribution in [3.63, 3.8) is 0 Å². The zero-order chi connectivity index (χ0) is 15.2. The van der Waals surface area contributed by atoms with E-state index in [0.29, 0.717) is 6.07 Å². The van der Waals surface area contributed by atoms with Gasteiger partial charge in [0.05, 0.1) is 29.0 Å². The van der Waals surface area contributed by atoms with Crippen LogP contribution in [-0.2, 0) is 11.0 Å². The van der Waals surface area contributed by atoms with Gasteiger partial charge in [0.1, 0.15) is 0 Å². The van der Waals surface area contributed by atoms with Crippen molar-refractivity contribution in [3.8, 4) is 0 Å². The van der Waals surface area contributed by atoms with E-state index < -0.39 is 35.6 Å². The van der Waals surface area contributed by atoms with Gasteiger partial charge in [-0.2, -0.15) is 13.2 Å². The summed E-state index contributed by atoms with van der Waals surface area (Å²) in [6.07, 6.45) is -5.50. The number of hydrogen-bond donors (Lipinski definition) is 1. The molecule has 4 nitrogen and oxygen atoms in total. The lowest BCUT2D eigenvalue weighted by molar-refractivity contribution is -0.137. The van der Waals surface area contributed by atoms with Crippen LogP contribution in [0.25, 0.3) is 0 Å². The molecule has 0 aliphatic carbocycles. The zero-order valence-electron chi connectivity index (χ0n) is 10.7.